The van der Waals surface area contributed by atoms with Gasteiger partial charge in [-0.3, -0.25) is 10.1 Å². The molecule has 3 aliphatic rings. The number of guanidine groups is 1. The molecule has 0 spiro atoms. The molecule has 2 atom stereocenters. The maximum atomic E-state index is 14.3. The summed E-state index contributed by atoms with van der Waals surface area (Å²) in [6, 6.07) is 5.45. The Bertz CT molecular complexity index is 790. The van der Waals surface area contributed by atoms with E-state index in [0.717, 1.165) is 25.9 Å². The van der Waals surface area contributed by atoms with E-state index in [4.69, 9.17) is 4.99 Å². The van der Waals surface area contributed by atoms with E-state index in [1.807, 2.05) is 4.90 Å². The largest absolute Gasteiger partial charge is 0.343 e. The van der Waals surface area contributed by atoms with Crippen molar-refractivity contribution in [3.05, 3.63) is 35.6 Å². The van der Waals surface area contributed by atoms with Crippen LogP contribution in [0.15, 0.2) is 29.3 Å². The summed E-state index contributed by atoms with van der Waals surface area (Å²) in [5.41, 5.74) is 0.503. The van der Waals surface area contributed by atoms with Crippen LogP contribution in [0.4, 0.5) is 9.18 Å². The van der Waals surface area contributed by atoms with Crippen LogP contribution in [0.1, 0.15) is 25.3 Å². The van der Waals surface area contributed by atoms with Crippen molar-refractivity contribution < 1.29 is 14.0 Å². The lowest BCUT2D eigenvalue weighted by Crippen LogP contribution is -2.64. The van der Waals surface area contributed by atoms with Crippen LogP contribution in [-0.2, 0) is 11.3 Å². The number of nitrogens with one attached hydrogen (secondary N) is 1. The first-order chi connectivity index (χ1) is 13.0. The predicted molar refractivity (Wildman–Crippen MR) is 98.2 cm³/mol. The zero-order chi connectivity index (χ0) is 19.1. The van der Waals surface area contributed by atoms with Crippen molar-refractivity contribution in [2.24, 2.45) is 10.9 Å². The Morgan fingerprint density at radius 3 is 2.63 bits per heavy atom. The maximum Gasteiger partial charge on any atom is 0.325 e. The number of urea groups is 1. The number of imide groups is 1. The smallest absolute Gasteiger partial charge is 0.325 e. The molecule has 4 rings (SSSR count). The molecular weight excluding hydrogens is 349 g/mol. The van der Waals surface area contributed by atoms with Gasteiger partial charge in [0.25, 0.3) is 5.91 Å². The highest BCUT2D eigenvalue weighted by Gasteiger charge is 2.49. The molecule has 0 saturated carbocycles. The Labute approximate surface area is 157 Å². The van der Waals surface area contributed by atoms with E-state index >= 15 is 0 Å². The zero-order valence-electron chi connectivity index (χ0n) is 15.6. The van der Waals surface area contributed by atoms with Crippen molar-refractivity contribution >= 4 is 17.9 Å². The average molecular weight is 373 g/mol. The monoisotopic (exact) mass is 373 g/mol. The quantitative estimate of drug-likeness (QED) is 0.855. The van der Waals surface area contributed by atoms with Crippen LogP contribution < -0.4 is 5.32 Å². The van der Waals surface area contributed by atoms with Crippen LogP contribution in [0.25, 0.3) is 0 Å². The first-order valence-corrected chi connectivity index (χ1v) is 9.36. The molecule has 1 N–H and O–H groups in total. The van der Waals surface area contributed by atoms with Gasteiger partial charge in [-0.1, -0.05) is 25.1 Å². The number of piperidine rings is 1. The molecule has 2 fully saturated rings. The summed E-state index contributed by atoms with van der Waals surface area (Å²) in [5.74, 6) is 0.631. The van der Waals surface area contributed by atoms with Gasteiger partial charge in [-0.05, 0) is 24.8 Å². The SMILES string of the molecule is CC1CCN(C2=NC3C(C(=O)NC(=O)N3C)N2Cc2ccccc2F)CC1. The number of nitrogens with zero attached hydrogens (tertiary/aromatic N) is 4. The normalized spacial score (nSPS) is 26.2. The number of amides is 3. The predicted octanol–water partition coefficient (Wildman–Crippen LogP) is 1.61. The number of aliphatic imine (C=N–C) groups is 1. The Hall–Kier alpha value is -2.64. The lowest BCUT2D eigenvalue weighted by molar-refractivity contribution is -0.127. The minimum Gasteiger partial charge on any atom is -0.343 e. The summed E-state index contributed by atoms with van der Waals surface area (Å²) in [5, 5.41) is 2.38. The molecule has 1 aromatic carbocycles. The molecule has 8 heteroatoms. The molecule has 2 saturated heterocycles. The highest BCUT2D eigenvalue weighted by molar-refractivity contribution is 6.03. The van der Waals surface area contributed by atoms with E-state index in [2.05, 4.69) is 17.1 Å². The van der Waals surface area contributed by atoms with Gasteiger partial charge in [0, 0.05) is 32.2 Å². The Morgan fingerprint density at radius 1 is 1.22 bits per heavy atom. The summed E-state index contributed by atoms with van der Waals surface area (Å²) in [6.07, 6.45) is 1.50. The number of fused-ring (bicyclic) bond motifs is 1. The fourth-order valence-electron chi connectivity index (χ4n) is 3.96. The molecule has 7 nitrogen and oxygen atoms in total. The van der Waals surface area contributed by atoms with E-state index in [-0.39, 0.29) is 18.3 Å². The summed E-state index contributed by atoms with van der Waals surface area (Å²) in [4.78, 5) is 34.8. The fraction of sp³-hybridized carbons (Fsp3) is 0.526. The second-order valence-electron chi connectivity index (χ2n) is 7.58. The Kier molecular flexibility index (Phi) is 4.49. The molecule has 0 aromatic heterocycles. The lowest BCUT2D eigenvalue weighted by atomic mass is 9.99. The van der Waals surface area contributed by atoms with Crippen LogP contribution in [0.2, 0.25) is 0 Å². The van der Waals surface area contributed by atoms with Crippen LogP contribution in [0.3, 0.4) is 0 Å². The summed E-state index contributed by atoms with van der Waals surface area (Å²) in [7, 11) is 1.63. The Morgan fingerprint density at radius 2 is 1.93 bits per heavy atom. The van der Waals surface area contributed by atoms with Crippen LogP contribution in [0.5, 0.6) is 0 Å². The minimum absolute atomic E-state index is 0.230. The van der Waals surface area contributed by atoms with Gasteiger partial charge >= 0.3 is 6.03 Å². The number of rotatable bonds is 2. The van der Waals surface area contributed by atoms with E-state index in [0.29, 0.717) is 17.4 Å². The van der Waals surface area contributed by atoms with Crippen molar-refractivity contribution in [3.63, 3.8) is 0 Å². The maximum absolute atomic E-state index is 14.3. The van der Waals surface area contributed by atoms with Gasteiger partial charge in [0.15, 0.2) is 18.2 Å². The van der Waals surface area contributed by atoms with Crippen molar-refractivity contribution in [3.8, 4) is 0 Å². The third-order valence-corrected chi connectivity index (χ3v) is 5.70. The molecule has 27 heavy (non-hydrogen) atoms. The highest BCUT2D eigenvalue weighted by Crippen LogP contribution is 2.29. The average Bonchev–Trinajstić information content (AvgIpc) is 3.02. The fourth-order valence-corrected chi connectivity index (χ4v) is 3.96. The number of hydrogen-bond donors (Lipinski definition) is 1. The van der Waals surface area contributed by atoms with Crippen molar-refractivity contribution in [1.82, 2.24) is 20.0 Å². The van der Waals surface area contributed by atoms with Crippen molar-refractivity contribution in [2.45, 2.75) is 38.5 Å². The van der Waals surface area contributed by atoms with Crippen molar-refractivity contribution in [1.29, 1.82) is 0 Å². The van der Waals surface area contributed by atoms with Gasteiger partial charge in [0.1, 0.15) is 5.82 Å². The summed E-state index contributed by atoms with van der Waals surface area (Å²) >= 11 is 0. The third kappa shape index (κ3) is 3.13. The molecule has 2 unspecified atom stereocenters. The molecule has 3 aliphatic heterocycles. The minimum atomic E-state index is -0.651. The van der Waals surface area contributed by atoms with Gasteiger partial charge < -0.3 is 14.7 Å². The molecule has 144 valence electrons. The number of carbonyl (C=O) groups excluding carboxylic acids is 2. The van der Waals surface area contributed by atoms with Gasteiger partial charge in [-0.25, -0.2) is 14.2 Å². The van der Waals surface area contributed by atoms with Crippen LogP contribution in [-0.4, -0.2) is 64.9 Å². The van der Waals surface area contributed by atoms with E-state index in [1.54, 1.807) is 25.2 Å². The second-order valence-corrected chi connectivity index (χ2v) is 7.58. The number of likely N-dealkylation sites (N-methyl/N-ethyl adjacent to an activating group) is 1. The zero-order valence-corrected chi connectivity index (χ0v) is 15.6. The lowest BCUT2D eigenvalue weighted by Gasteiger charge is -2.39. The topological polar surface area (TPSA) is 68.2 Å². The molecule has 3 heterocycles. The van der Waals surface area contributed by atoms with E-state index in [1.165, 1.54) is 11.0 Å². The van der Waals surface area contributed by atoms with Gasteiger partial charge in [-0.15, -0.1) is 0 Å². The van der Waals surface area contributed by atoms with Crippen molar-refractivity contribution in [2.75, 3.05) is 20.1 Å². The Balaban J connectivity index is 1.68. The first kappa shape index (κ1) is 17.8. The first-order valence-electron chi connectivity index (χ1n) is 9.36. The third-order valence-electron chi connectivity index (χ3n) is 5.70. The number of carbonyl (C=O) groups is 2. The van der Waals surface area contributed by atoms with Crippen LogP contribution in [0, 0.1) is 11.7 Å². The van der Waals surface area contributed by atoms with Gasteiger partial charge in [-0.2, -0.15) is 0 Å². The highest BCUT2D eigenvalue weighted by atomic mass is 19.1. The van der Waals surface area contributed by atoms with Gasteiger partial charge in [0.05, 0.1) is 0 Å². The summed E-state index contributed by atoms with van der Waals surface area (Å²) < 4.78 is 14.3. The molecule has 1 aromatic rings. The van der Waals surface area contributed by atoms with E-state index in [9.17, 15) is 14.0 Å². The van der Waals surface area contributed by atoms with E-state index < -0.39 is 18.2 Å². The van der Waals surface area contributed by atoms with Gasteiger partial charge in [0.2, 0.25) is 0 Å². The second kappa shape index (κ2) is 6.83. The van der Waals surface area contributed by atoms with Crippen LogP contribution >= 0.6 is 0 Å². The molecule has 0 aliphatic carbocycles. The summed E-state index contributed by atoms with van der Waals surface area (Å²) in [6.45, 7) is 4.14. The number of benzene rings is 1. The standard InChI is InChI=1S/C19H24FN5O2/c1-12-7-9-24(10-8-12)18-21-16-15(17(26)22-19(27)23(16)2)25(18)11-13-5-3-4-6-14(13)20/h3-6,12,15-16H,7-11H2,1-2H3,(H,22,26,27). The molecule has 0 radical (unpaired) electrons. The molecular formula is C19H24FN5O2. The number of hydrogen-bond acceptors (Lipinski definition) is 5. The number of halogens is 1. The molecule has 3 amide bonds. The number of likely N-dealkylation sites (tertiary alicyclic amines) is 1. The molecule has 0 bridgehead atoms.